The Morgan fingerprint density at radius 1 is 1.14 bits per heavy atom. The van der Waals surface area contributed by atoms with Gasteiger partial charge in [0.15, 0.2) is 0 Å². The van der Waals surface area contributed by atoms with Crippen LogP contribution in [0, 0.1) is 6.92 Å². The van der Waals surface area contributed by atoms with Gasteiger partial charge in [-0.2, -0.15) is 0 Å². The van der Waals surface area contributed by atoms with Gasteiger partial charge in [-0.05, 0) is 46.7 Å². The van der Waals surface area contributed by atoms with E-state index in [2.05, 4.69) is 20.8 Å². The molecular weight excluding hydrogens is 286 g/mol. The Morgan fingerprint density at radius 3 is 2.71 bits per heavy atom. The van der Waals surface area contributed by atoms with Crippen molar-refractivity contribution < 1.29 is 0 Å². The van der Waals surface area contributed by atoms with Crippen molar-refractivity contribution in [3.05, 3.63) is 64.7 Å². The zero-order valence-electron chi connectivity index (χ0n) is 11.5. The predicted octanol–water partition coefficient (Wildman–Crippen LogP) is 3.43. The molecule has 0 aliphatic rings. The molecule has 0 radical (unpaired) electrons. The summed E-state index contributed by atoms with van der Waals surface area (Å²) in [6, 6.07) is 15.7. The third-order valence-corrected chi connectivity index (χ3v) is 3.38. The normalized spacial score (nSPS) is 10.6. The molecule has 106 valence electrons. The number of hydrogen-bond acceptors (Lipinski definition) is 4. The lowest BCUT2D eigenvalue weighted by molar-refractivity contribution is 0.654. The predicted molar refractivity (Wildman–Crippen MR) is 82.8 cm³/mol. The molecule has 1 heterocycles. The highest BCUT2D eigenvalue weighted by molar-refractivity contribution is 6.30. The van der Waals surface area contributed by atoms with E-state index in [1.54, 1.807) is 4.68 Å². The van der Waals surface area contributed by atoms with Gasteiger partial charge in [0.2, 0.25) is 5.95 Å². The first-order chi connectivity index (χ1) is 10.2. The minimum absolute atomic E-state index is 0.601. The molecule has 2 aromatic carbocycles. The van der Waals surface area contributed by atoms with Crippen molar-refractivity contribution in [3.63, 3.8) is 0 Å². The zero-order chi connectivity index (χ0) is 14.7. The second-order valence-electron chi connectivity index (χ2n) is 4.73. The molecule has 0 unspecified atom stereocenters. The molecule has 0 aliphatic heterocycles. The van der Waals surface area contributed by atoms with Crippen molar-refractivity contribution >= 4 is 23.2 Å². The number of hydrogen-bond donors (Lipinski definition) is 1. The Balaban J connectivity index is 1.82. The fraction of sp³-hybridized carbons (Fsp3) is 0.133. The van der Waals surface area contributed by atoms with Crippen molar-refractivity contribution in [1.29, 1.82) is 0 Å². The van der Waals surface area contributed by atoms with Gasteiger partial charge in [0, 0.05) is 10.7 Å². The number of anilines is 2. The first-order valence-electron chi connectivity index (χ1n) is 6.55. The number of nitrogens with zero attached hydrogens (tertiary/aromatic N) is 4. The molecule has 5 nitrogen and oxygen atoms in total. The Bertz CT molecular complexity index is 739. The molecule has 0 fully saturated rings. The summed E-state index contributed by atoms with van der Waals surface area (Å²) in [5, 5.41) is 15.7. The molecule has 1 N–H and O–H groups in total. The molecule has 3 rings (SSSR count). The lowest BCUT2D eigenvalue weighted by atomic mass is 10.2. The molecule has 0 amide bonds. The minimum atomic E-state index is 0.601. The van der Waals surface area contributed by atoms with Gasteiger partial charge in [0.1, 0.15) is 0 Å². The van der Waals surface area contributed by atoms with Gasteiger partial charge >= 0.3 is 0 Å². The maximum Gasteiger partial charge on any atom is 0.247 e. The van der Waals surface area contributed by atoms with Crippen molar-refractivity contribution in [1.82, 2.24) is 20.2 Å². The molecule has 0 bridgehead atoms. The molecule has 0 spiro atoms. The van der Waals surface area contributed by atoms with Crippen LogP contribution in [0.5, 0.6) is 0 Å². The molecule has 3 aromatic rings. The van der Waals surface area contributed by atoms with Gasteiger partial charge < -0.3 is 5.32 Å². The molecular formula is C15H14ClN5. The Hall–Kier alpha value is -2.40. The molecule has 6 heteroatoms. The summed E-state index contributed by atoms with van der Waals surface area (Å²) in [5.74, 6) is 0.601. The van der Waals surface area contributed by atoms with Crippen LogP contribution in [0.15, 0.2) is 48.5 Å². The van der Waals surface area contributed by atoms with E-state index in [1.807, 2.05) is 55.5 Å². The maximum atomic E-state index is 5.96. The fourth-order valence-electron chi connectivity index (χ4n) is 2.04. The van der Waals surface area contributed by atoms with Crippen LogP contribution < -0.4 is 5.32 Å². The summed E-state index contributed by atoms with van der Waals surface area (Å²) in [6.45, 7) is 2.60. The Morgan fingerprint density at radius 2 is 1.95 bits per heavy atom. The number of nitrogens with one attached hydrogen (secondary N) is 1. The summed E-state index contributed by atoms with van der Waals surface area (Å²) in [7, 11) is 0. The van der Waals surface area contributed by atoms with Gasteiger partial charge in [0.05, 0.1) is 6.54 Å². The third kappa shape index (κ3) is 3.20. The summed E-state index contributed by atoms with van der Waals surface area (Å²) in [6.07, 6.45) is 0. The second kappa shape index (κ2) is 5.93. The molecule has 1 aromatic heterocycles. The van der Waals surface area contributed by atoms with E-state index in [1.165, 1.54) is 0 Å². The van der Waals surface area contributed by atoms with Gasteiger partial charge in [-0.3, -0.25) is 0 Å². The lowest BCUT2D eigenvalue weighted by Gasteiger charge is -2.09. The average Bonchev–Trinajstić information content (AvgIpc) is 2.90. The summed E-state index contributed by atoms with van der Waals surface area (Å²) < 4.78 is 1.73. The maximum absolute atomic E-state index is 5.96. The van der Waals surface area contributed by atoms with Crippen LogP contribution in [-0.2, 0) is 6.54 Å². The number of aryl methyl sites for hydroxylation is 1. The van der Waals surface area contributed by atoms with Crippen LogP contribution >= 0.6 is 11.6 Å². The first kappa shape index (κ1) is 13.6. The van der Waals surface area contributed by atoms with Crippen LogP contribution in [0.25, 0.3) is 0 Å². The molecule has 0 atom stereocenters. The highest BCUT2D eigenvalue weighted by Gasteiger charge is 2.08. The average molecular weight is 300 g/mol. The number of benzene rings is 2. The van der Waals surface area contributed by atoms with Gasteiger partial charge in [-0.1, -0.05) is 47.0 Å². The van der Waals surface area contributed by atoms with E-state index < -0.39 is 0 Å². The van der Waals surface area contributed by atoms with Gasteiger partial charge in [-0.15, -0.1) is 0 Å². The highest BCUT2D eigenvalue weighted by atomic mass is 35.5. The van der Waals surface area contributed by atoms with Gasteiger partial charge in [-0.25, -0.2) is 4.68 Å². The van der Waals surface area contributed by atoms with Crippen LogP contribution in [0.2, 0.25) is 5.02 Å². The number of rotatable bonds is 4. The molecule has 0 saturated carbocycles. The largest absolute Gasteiger partial charge is 0.323 e. The lowest BCUT2D eigenvalue weighted by Crippen LogP contribution is -2.07. The number of tetrazole rings is 1. The smallest absolute Gasteiger partial charge is 0.247 e. The summed E-state index contributed by atoms with van der Waals surface area (Å²) in [4.78, 5) is 0. The monoisotopic (exact) mass is 299 g/mol. The first-order valence-corrected chi connectivity index (χ1v) is 6.93. The van der Waals surface area contributed by atoms with E-state index in [9.17, 15) is 0 Å². The van der Waals surface area contributed by atoms with Crippen molar-refractivity contribution in [2.75, 3.05) is 5.32 Å². The second-order valence-corrected chi connectivity index (χ2v) is 5.17. The van der Waals surface area contributed by atoms with Crippen LogP contribution in [-0.4, -0.2) is 20.2 Å². The third-order valence-electron chi connectivity index (χ3n) is 3.14. The van der Waals surface area contributed by atoms with E-state index >= 15 is 0 Å². The molecule has 0 saturated heterocycles. The van der Waals surface area contributed by atoms with Crippen LogP contribution in [0.3, 0.4) is 0 Å². The van der Waals surface area contributed by atoms with E-state index in [0.717, 1.165) is 16.8 Å². The van der Waals surface area contributed by atoms with E-state index in [-0.39, 0.29) is 0 Å². The number of halogens is 1. The van der Waals surface area contributed by atoms with Crippen molar-refractivity contribution in [3.8, 4) is 0 Å². The quantitative estimate of drug-likeness (QED) is 0.802. The zero-order valence-corrected chi connectivity index (χ0v) is 12.2. The summed E-state index contributed by atoms with van der Waals surface area (Å²) in [5.41, 5.74) is 3.11. The van der Waals surface area contributed by atoms with Gasteiger partial charge in [0.25, 0.3) is 0 Å². The summed E-state index contributed by atoms with van der Waals surface area (Å²) >= 11 is 5.96. The SMILES string of the molecule is Cc1cc(Cl)ccc1Nc1nnnn1Cc1ccccc1. The molecule has 0 aliphatic carbocycles. The van der Waals surface area contributed by atoms with E-state index in [4.69, 9.17) is 11.6 Å². The Labute approximate surface area is 127 Å². The van der Waals surface area contributed by atoms with Crippen LogP contribution in [0.4, 0.5) is 11.6 Å². The topological polar surface area (TPSA) is 55.6 Å². The van der Waals surface area contributed by atoms with E-state index in [0.29, 0.717) is 17.5 Å². The van der Waals surface area contributed by atoms with Crippen molar-refractivity contribution in [2.24, 2.45) is 0 Å². The standard InChI is InChI=1S/C15H14ClN5/c1-11-9-13(16)7-8-14(11)17-15-18-19-20-21(15)10-12-5-3-2-4-6-12/h2-9H,10H2,1H3,(H,17,18,20). The highest BCUT2D eigenvalue weighted by Crippen LogP contribution is 2.22. The van der Waals surface area contributed by atoms with Crippen LogP contribution in [0.1, 0.15) is 11.1 Å². The fourth-order valence-corrected chi connectivity index (χ4v) is 2.27. The van der Waals surface area contributed by atoms with Crippen molar-refractivity contribution in [2.45, 2.75) is 13.5 Å². The number of aromatic nitrogens is 4. The minimum Gasteiger partial charge on any atom is -0.323 e. The molecule has 21 heavy (non-hydrogen) atoms. The Kier molecular flexibility index (Phi) is 3.83.